The van der Waals surface area contributed by atoms with E-state index in [0.717, 1.165) is 55.7 Å². The Morgan fingerprint density at radius 1 is 0.290 bits per heavy atom. The number of hydrogen-bond donors (Lipinski definition) is 0. The fraction of sp³-hybridized carbons (Fsp3) is 0.0149. The molecule has 0 amide bonds. The molecule has 13 rings (SSSR count). The van der Waals surface area contributed by atoms with Gasteiger partial charge in [-0.15, -0.1) is 0 Å². The van der Waals surface area contributed by atoms with Gasteiger partial charge in [0.1, 0.15) is 11.2 Å². The molecule has 0 unspecified atom stereocenters. The zero-order valence-electron chi connectivity index (χ0n) is 37.8. The Hall–Kier alpha value is -8.98. The summed E-state index contributed by atoms with van der Waals surface area (Å²) in [6, 6.07) is 99.2. The molecule has 0 fully saturated rings. The summed E-state index contributed by atoms with van der Waals surface area (Å²) < 4.78 is 6.31. The summed E-state index contributed by atoms with van der Waals surface area (Å²) >= 11 is 0. The SMILES string of the molecule is c1ccc(-c2cccc(-c3ccc(N(c4ccc(-c5cccc6oc7ccccc7c56)cc4)c4cccc(-c5cccc6c5-c5ccccc5C6(c5ccccc5)c5ccccc5)c4)cc3)c2)cc1. The van der Waals surface area contributed by atoms with Crippen LogP contribution in [0.5, 0.6) is 0 Å². The average molecular weight is 880 g/mol. The molecule has 0 spiro atoms. The van der Waals surface area contributed by atoms with Gasteiger partial charge in [-0.3, -0.25) is 0 Å². The highest BCUT2D eigenvalue weighted by Gasteiger charge is 2.46. The minimum absolute atomic E-state index is 0.481. The third kappa shape index (κ3) is 6.72. The predicted octanol–water partition coefficient (Wildman–Crippen LogP) is 18.1. The fourth-order valence-corrected chi connectivity index (χ4v) is 11.1. The first kappa shape index (κ1) is 40.3. The third-order valence-corrected chi connectivity index (χ3v) is 14.2. The van der Waals surface area contributed by atoms with E-state index in [-0.39, 0.29) is 0 Å². The van der Waals surface area contributed by atoms with Gasteiger partial charge in [0.25, 0.3) is 0 Å². The summed E-state index contributed by atoms with van der Waals surface area (Å²) in [5.74, 6) is 0. The molecule has 0 aliphatic heterocycles. The second-order valence-corrected chi connectivity index (χ2v) is 18.0. The van der Waals surface area contributed by atoms with Crippen LogP contribution >= 0.6 is 0 Å². The van der Waals surface area contributed by atoms with Crippen LogP contribution in [0.3, 0.4) is 0 Å². The largest absolute Gasteiger partial charge is 0.456 e. The molecule has 0 N–H and O–H groups in total. The Morgan fingerprint density at radius 3 is 1.51 bits per heavy atom. The van der Waals surface area contributed by atoms with Gasteiger partial charge in [0.05, 0.1) is 5.41 Å². The molecule has 0 radical (unpaired) electrons. The van der Waals surface area contributed by atoms with Crippen molar-refractivity contribution in [1.82, 2.24) is 0 Å². The Bertz CT molecular complexity index is 3780. The molecule has 0 atom stereocenters. The quantitative estimate of drug-likeness (QED) is 0.144. The molecule has 0 saturated heterocycles. The Morgan fingerprint density at radius 2 is 0.783 bits per heavy atom. The van der Waals surface area contributed by atoms with Crippen LogP contribution in [-0.4, -0.2) is 0 Å². The van der Waals surface area contributed by atoms with Gasteiger partial charge in [-0.1, -0.05) is 218 Å². The lowest BCUT2D eigenvalue weighted by Crippen LogP contribution is -2.28. The molecular formula is C67H45NO. The first-order valence-corrected chi connectivity index (χ1v) is 23.7. The molecule has 1 aliphatic carbocycles. The third-order valence-electron chi connectivity index (χ3n) is 14.2. The number of nitrogens with zero attached hydrogens (tertiary/aromatic N) is 1. The van der Waals surface area contributed by atoms with Crippen LogP contribution in [0.4, 0.5) is 17.1 Å². The van der Waals surface area contributed by atoms with Crippen molar-refractivity contribution in [2.75, 3.05) is 4.90 Å². The molecule has 12 aromatic rings. The Labute approximate surface area is 402 Å². The highest BCUT2D eigenvalue weighted by molar-refractivity contribution is 6.12. The van der Waals surface area contributed by atoms with Gasteiger partial charge in [0.15, 0.2) is 0 Å². The van der Waals surface area contributed by atoms with Crippen molar-refractivity contribution in [3.05, 3.63) is 295 Å². The summed E-state index contributed by atoms with van der Waals surface area (Å²) in [5.41, 5.74) is 21.6. The lowest BCUT2D eigenvalue weighted by Gasteiger charge is -2.34. The molecule has 0 bridgehead atoms. The number of benzene rings is 11. The van der Waals surface area contributed by atoms with Crippen molar-refractivity contribution in [2.45, 2.75) is 5.41 Å². The lowest BCUT2D eigenvalue weighted by atomic mass is 9.67. The second-order valence-electron chi connectivity index (χ2n) is 18.0. The standard InChI is InChI=1S/C67H45NO/c1-4-18-46(19-5-1)49-20-14-21-50(44-49)47-36-40-54(41-37-47)68(55-42-38-48(39-43-55)57-31-17-35-64-66(57)60-29-11-13-34-63(60)69-64)56-27-15-22-51(45-56)58-30-16-33-62-65(58)59-28-10-12-32-61(59)67(62,52-23-6-2-7-24-52)53-25-8-3-9-26-53/h1-45H. The van der Waals surface area contributed by atoms with Crippen molar-refractivity contribution >= 4 is 39.0 Å². The van der Waals surface area contributed by atoms with E-state index >= 15 is 0 Å². The molecule has 1 heterocycles. The van der Waals surface area contributed by atoms with Crippen molar-refractivity contribution in [1.29, 1.82) is 0 Å². The van der Waals surface area contributed by atoms with E-state index in [2.05, 4.69) is 266 Å². The first-order chi connectivity index (χ1) is 34.2. The van der Waals surface area contributed by atoms with Crippen LogP contribution in [0.25, 0.3) is 77.6 Å². The Balaban J connectivity index is 0.955. The smallest absolute Gasteiger partial charge is 0.136 e. The molecule has 69 heavy (non-hydrogen) atoms. The summed E-state index contributed by atoms with van der Waals surface area (Å²) in [6.07, 6.45) is 0. The molecule has 11 aromatic carbocycles. The maximum absolute atomic E-state index is 6.31. The number of furan rings is 1. The topological polar surface area (TPSA) is 16.4 Å². The Kier molecular flexibility index (Phi) is 9.77. The minimum Gasteiger partial charge on any atom is -0.456 e. The van der Waals surface area contributed by atoms with Crippen LogP contribution in [0.1, 0.15) is 22.3 Å². The number of fused-ring (bicyclic) bond motifs is 6. The summed E-state index contributed by atoms with van der Waals surface area (Å²) in [7, 11) is 0. The van der Waals surface area contributed by atoms with E-state index in [9.17, 15) is 0 Å². The van der Waals surface area contributed by atoms with Gasteiger partial charge in [-0.2, -0.15) is 0 Å². The van der Waals surface area contributed by atoms with Gasteiger partial charge in [-0.25, -0.2) is 0 Å². The number of rotatable bonds is 9. The fourth-order valence-electron chi connectivity index (χ4n) is 11.1. The van der Waals surface area contributed by atoms with E-state index in [0.29, 0.717) is 0 Å². The summed E-state index contributed by atoms with van der Waals surface area (Å²) in [6.45, 7) is 0. The first-order valence-electron chi connectivity index (χ1n) is 23.7. The highest BCUT2D eigenvalue weighted by atomic mass is 16.3. The van der Waals surface area contributed by atoms with Crippen molar-refractivity contribution in [2.24, 2.45) is 0 Å². The molecule has 2 nitrogen and oxygen atoms in total. The molecule has 2 heteroatoms. The van der Waals surface area contributed by atoms with E-state index in [1.54, 1.807) is 0 Å². The van der Waals surface area contributed by atoms with E-state index in [1.165, 1.54) is 61.2 Å². The second kappa shape index (κ2) is 16.7. The van der Waals surface area contributed by atoms with Gasteiger partial charge in [0, 0.05) is 27.8 Å². The van der Waals surface area contributed by atoms with Crippen LogP contribution in [-0.2, 0) is 5.41 Å². The molecular weight excluding hydrogens is 835 g/mol. The normalized spacial score (nSPS) is 12.5. The van der Waals surface area contributed by atoms with Crippen molar-refractivity contribution in [3.63, 3.8) is 0 Å². The zero-order valence-corrected chi connectivity index (χ0v) is 37.8. The van der Waals surface area contributed by atoms with Gasteiger partial charge >= 0.3 is 0 Å². The highest BCUT2D eigenvalue weighted by Crippen LogP contribution is 2.58. The molecule has 0 saturated carbocycles. The number of para-hydroxylation sites is 1. The number of hydrogen-bond acceptors (Lipinski definition) is 2. The van der Waals surface area contributed by atoms with E-state index in [1.807, 2.05) is 12.1 Å². The van der Waals surface area contributed by atoms with Gasteiger partial charge in [-0.05, 0) is 132 Å². The number of anilines is 3. The maximum atomic E-state index is 6.31. The predicted molar refractivity (Wildman–Crippen MR) is 287 cm³/mol. The zero-order chi connectivity index (χ0) is 45.7. The van der Waals surface area contributed by atoms with Crippen LogP contribution in [0.15, 0.2) is 277 Å². The van der Waals surface area contributed by atoms with Crippen LogP contribution in [0.2, 0.25) is 0 Å². The lowest BCUT2D eigenvalue weighted by molar-refractivity contribution is 0.669. The van der Waals surface area contributed by atoms with Gasteiger partial charge in [0.2, 0.25) is 0 Å². The van der Waals surface area contributed by atoms with E-state index < -0.39 is 5.41 Å². The molecule has 1 aliphatic rings. The molecule has 324 valence electrons. The van der Waals surface area contributed by atoms with Crippen molar-refractivity contribution in [3.8, 4) is 55.6 Å². The average Bonchev–Trinajstić information content (AvgIpc) is 3.97. The summed E-state index contributed by atoms with van der Waals surface area (Å²) in [5, 5.41) is 2.26. The summed E-state index contributed by atoms with van der Waals surface area (Å²) in [4.78, 5) is 2.39. The van der Waals surface area contributed by atoms with E-state index in [4.69, 9.17) is 4.42 Å². The monoisotopic (exact) mass is 879 g/mol. The van der Waals surface area contributed by atoms with Gasteiger partial charge < -0.3 is 9.32 Å². The van der Waals surface area contributed by atoms with Crippen LogP contribution < -0.4 is 4.90 Å². The molecule has 1 aromatic heterocycles. The minimum atomic E-state index is -0.481. The maximum Gasteiger partial charge on any atom is 0.136 e. The van der Waals surface area contributed by atoms with Crippen LogP contribution in [0, 0.1) is 0 Å². The van der Waals surface area contributed by atoms with Crippen molar-refractivity contribution < 1.29 is 4.42 Å².